The molecule has 33 heavy (non-hydrogen) atoms. The van der Waals surface area contributed by atoms with Crippen molar-refractivity contribution < 1.29 is 13.9 Å². The lowest BCUT2D eigenvalue weighted by molar-refractivity contribution is -0.121. The van der Waals surface area contributed by atoms with Crippen molar-refractivity contribution in [1.29, 1.82) is 0 Å². The number of aromatic nitrogens is 4. The number of carbonyl (C=O) groups excluding carboxylic acids is 1. The Morgan fingerprint density at radius 3 is 2.67 bits per heavy atom. The van der Waals surface area contributed by atoms with E-state index >= 15 is 0 Å². The predicted octanol–water partition coefficient (Wildman–Crippen LogP) is 1.01. The minimum absolute atomic E-state index is 0.220. The van der Waals surface area contributed by atoms with Crippen molar-refractivity contribution in [1.82, 2.24) is 24.0 Å². The molecule has 3 heterocycles. The Bertz CT molecular complexity index is 1340. The number of fused-ring (bicyclic) bond motifs is 1. The minimum atomic E-state index is -0.588. The van der Waals surface area contributed by atoms with E-state index in [0.29, 0.717) is 26.1 Å². The van der Waals surface area contributed by atoms with E-state index in [1.54, 1.807) is 24.0 Å². The maximum absolute atomic E-state index is 13.3. The van der Waals surface area contributed by atoms with Crippen molar-refractivity contribution in [2.45, 2.75) is 26.1 Å². The van der Waals surface area contributed by atoms with Gasteiger partial charge < -0.3 is 19.0 Å². The molecule has 10 heteroatoms. The van der Waals surface area contributed by atoms with Crippen LogP contribution in [0.2, 0.25) is 0 Å². The van der Waals surface area contributed by atoms with E-state index in [-0.39, 0.29) is 17.7 Å². The Hall–Kier alpha value is -3.92. The van der Waals surface area contributed by atoms with E-state index in [9.17, 15) is 14.4 Å². The highest BCUT2D eigenvalue weighted by Gasteiger charge is 2.20. The van der Waals surface area contributed by atoms with Gasteiger partial charge in [-0.2, -0.15) is 0 Å². The molecule has 0 saturated carbocycles. The highest BCUT2D eigenvalue weighted by molar-refractivity contribution is 5.76. The number of hydrogen-bond donors (Lipinski definition) is 1. The maximum atomic E-state index is 13.3. The van der Waals surface area contributed by atoms with Crippen LogP contribution in [0, 0.1) is 0 Å². The van der Waals surface area contributed by atoms with Crippen molar-refractivity contribution in [2.24, 2.45) is 0 Å². The van der Waals surface area contributed by atoms with Gasteiger partial charge in [0.25, 0.3) is 5.56 Å². The summed E-state index contributed by atoms with van der Waals surface area (Å²) in [5.41, 5.74) is 0.259. The van der Waals surface area contributed by atoms with Gasteiger partial charge in [-0.25, -0.2) is 14.3 Å². The number of hydrogen-bond acceptors (Lipinski definition) is 6. The number of amides is 1. The third kappa shape index (κ3) is 4.96. The first-order valence-corrected chi connectivity index (χ1v) is 10.6. The summed E-state index contributed by atoms with van der Waals surface area (Å²) < 4.78 is 14.4. The second-order valence-electron chi connectivity index (χ2n) is 7.53. The van der Waals surface area contributed by atoms with Gasteiger partial charge in [-0.15, -0.1) is 0 Å². The molecule has 0 aliphatic heterocycles. The van der Waals surface area contributed by atoms with Crippen LogP contribution in [-0.4, -0.2) is 44.9 Å². The van der Waals surface area contributed by atoms with Crippen molar-refractivity contribution >= 4 is 17.1 Å². The molecule has 0 atom stereocenters. The molecule has 0 unspecified atom stereocenters. The van der Waals surface area contributed by atoms with Crippen molar-refractivity contribution in [3.05, 3.63) is 87.2 Å². The summed E-state index contributed by atoms with van der Waals surface area (Å²) in [6.45, 7) is 0.915. The van der Waals surface area contributed by atoms with Crippen LogP contribution in [0.1, 0.15) is 11.3 Å². The smallest absolute Gasteiger partial charge is 0.333 e. The summed E-state index contributed by atoms with van der Waals surface area (Å²) in [5.74, 6) is 0.301. The normalized spacial score (nSPS) is 11.2. The second-order valence-corrected chi connectivity index (χ2v) is 7.53. The number of imidazole rings is 1. The first-order valence-electron chi connectivity index (χ1n) is 10.6. The fourth-order valence-corrected chi connectivity index (χ4v) is 3.63. The summed E-state index contributed by atoms with van der Waals surface area (Å²) in [5, 5.41) is 2.73. The van der Waals surface area contributed by atoms with Gasteiger partial charge in [0.05, 0.1) is 25.7 Å². The van der Waals surface area contributed by atoms with E-state index in [1.165, 1.54) is 10.9 Å². The lowest BCUT2D eigenvalue weighted by Gasteiger charge is -2.13. The quantitative estimate of drug-likeness (QED) is 0.385. The standard InChI is InChI=1S/C23H25N5O5/c1-32-13-11-26-16-25-21-20(26)22(30)28(15-19(29)24-10-9-18-8-5-12-33-18)23(31)27(21)14-17-6-3-2-4-7-17/h2-8,12,16H,9-11,13-15H2,1H3,(H,24,29). The van der Waals surface area contributed by atoms with E-state index in [2.05, 4.69) is 10.3 Å². The minimum Gasteiger partial charge on any atom is -0.469 e. The molecular formula is C23H25N5O5. The van der Waals surface area contributed by atoms with E-state index in [1.807, 2.05) is 36.4 Å². The molecule has 4 aromatic rings. The van der Waals surface area contributed by atoms with Crippen LogP contribution in [0.15, 0.2) is 69.1 Å². The third-order valence-corrected chi connectivity index (χ3v) is 5.28. The van der Waals surface area contributed by atoms with Crippen LogP contribution in [0.5, 0.6) is 0 Å². The summed E-state index contributed by atoms with van der Waals surface area (Å²) >= 11 is 0. The number of nitrogens with zero attached hydrogens (tertiary/aromatic N) is 4. The van der Waals surface area contributed by atoms with Crippen molar-refractivity contribution in [3.8, 4) is 0 Å². The Balaban J connectivity index is 1.67. The Morgan fingerprint density at radius 1 is 1.12 bits per heavy atom. The van der Waals surface area contributed by atoms with Gasteiger partial charge in [-0.1, -0.05) is 30.3 Å². The lowest BCUT2D eigenvalue weighted by atomic mass is 10.2. The number of nitrogens with one attached hydrogen (secondary N) is 1. The van der Waals surface area contributed by atoms with E-state index < -0.39 is 23.7 Å². The van der Waals surface area contributed by atoms with Gasteiger partial charge in [-0.05, 0) is 17.7 Å². The molecule has 0 aliphatic rings. The summed E-state index contributed by atoms with van der Waals surface area (Å²) in [4.78, 5) is 43.4. The average molecular weight is 451 g/mol. The zero-order valence-electron chi connectivity index (χ0n) is 18.3. The van der Waals surface area contributed by atoms with E-state index in [0.717, 1.165) is 15.9 Å². The number of carbonyl (C=O) groups is 1. The van der Waals surface area contributed by atoms with Gasteiger partial charge >= 0.3 is 5.69 Å². The van der Waals surface area contributed by atoms with Gasteiger partial charge in [0.2, 0.25) is 5.91 Å². The Morgan fingerprint density at radius 2 is 1.94 bits per heavy atom. The number of benzene rings is 1. The number of rotatable bonds is 10. The molecule has 172 valence electrons. The SMILES string of the molecule is COCCn1cnc2c1c(=O)n(CC(=O)NCCc1ccco1)c(=O)n2Cc1ccccc1. The molecule has 1 N–H and O–H groups in total. The molecule has 0 spiro atoms. The molecule has 1 amide bonds. The first-order chi connectivity index (χ1) is 16.1. The Kier molecular flexibility index (Phi) is 6.84. The zero-order chi connectivity index (χ0) is 23.2. The summed E-state index contributed by atoms with van der Waals surface area (Å²) in [6, 6.07) is 13.0. The highest BCUT2D eigenvalue weighted by Crippen LogP contribution is 2.10. The van der Waals surface area contributed by atoms with Gasteiger partial charge in [-0.3, -0.25) is 14.2 Å². The largest absolute Gasteiger partial charge is 0.469 e. The van der Waals surface area contributed by atoms with Crippen molar-refractivity contribution in [2.75, 3.05) is 20.3 Å². The molecule has 0 aliphatic carbocycles. The van der Waals surface area contributed by atoms with E-state index in [4.69, 9.17) is 9.15 Å². The Labute approximate surface area is 189 Å². The van der Waals surface area contributed by atoms with Gasteiger partial charge in [0.1, 0.15) is 12.3 Å². The first kappa shape index (κ1) is 22.3. The molecular weight excluding hydrogens is 426 g/mol. The lowest BCUT2D eigenvalue weighted by Crippen LogP contribution is -2.44. The predicted molar refractivity (Wildman–Crippen MR) is 121 cm³/mol. The monoisotopic (exact) mass is 451 g/mol. The molecule has 1 aromatic carbocycles. The van der Waals surface area contributed by atoms with Gasteiger partial charge in [0.15, 0.2) is 11.2 Å². The molecule has 0 bridgehead atoms. The fraction of sp³-hybridized carbons (Fsp3) is 0.304. The van der Waals surface area contributed by atoms with Crippen LogP contribution in [0.3, 0.4) is 0 Å². The number of ether oxygens (including phenoxy) is 1. The topological polar surface area (TPSA) is 113 Å². The van der Waals surface area contributed by atoms with Crippen LogP contribution in [0.4, 0.5) is 0 Å². The second kappa shape index (κ2) is 10.1. The number of methoxy groups -OCH3 is 1. The third-order valence-electron chi connectivity index (χ3n) is 5.28. The van der Waals surface area contributed by atoms with Crippen LogP contribution in [0.25, 0.3) is 11.2 Å². The van der Waals surface area contributed by atoms with Crippen molar-refractivity contribution in [3.63, 3.8) is 0 Å². The fourth-order valence-electron chi connectivity index (χ4n) is 3.63. The summed E-state index contributed by atoms with van der Waals surface area (Å²) in [6.07, 6.45) is 3.59. The molecule has 4 rings (SSSR count). The molecule has 0 fully saturated rings. The highest BCUT2D eigenvalue weighted by atomic mass is 16.5. The van der Waals surface area contributed by atoms with Crippen LogP contribution >= 0.6 is 0 Å². The molecule has 0 radical (unpaired) electrons. The molecule has 3 aromatic heterocycles. The average Bonchev–Trinajstić information content (AvgIpc) is 3.49. The molecule has 0 saturated heterocycles. The van der Waals surface area contributed by atoms with Gasteiger partial charge in [0, 0.05) is 26.6 Å². The van der Waals surface area contributed by atoms with Crippen LogP contribution in [-0.2, 0) is 35.6 Å². The number of furan rings is 1. The zero-order valence-corrected chi connectivity index (χ0v) is 18.3. The summed E-state index contributed by atoms with van der Waals surface area (Å²) in [7, 11) is 1.57. The maximum Gasteiger partial charge on any atom is 0.333 e. The molecule has 10 nitrogen and oxygen atoms in total. The van der Waals surface area contributed by atoms with Crippen LogP contribution < -0.4 is 16.6 Å².